The fraction of sp³-hybridized carbons (Fsp3) is 1.00. The van der Waals surface area contributed by atoms with Crippen LogP contribution in [0.25, 0.3) is 0 Å². The third kappa shape index (κ3) is 7.77. The average molecular weight is 343 g/mol. The molecule has 0 heterocycles. The fourth-order valence-corrected chi connectivity index (χ4v) is 9.22. The summed E-state index contributed by atoms with van der Waals surface area (Å²) in [7, 11) is 0. The van der Waals surface area contributed by atoms with Crippen LogP contribution in [0.4, 0.5) is 0 Å². The molecule has 0 saturated carbocycles. The van der Waals surface area contributed by atoms with Crippen molar-refractivity contribution in [3.63, 3.8) is 0 Å². The van der Waals surface area contributed by atoms with Crippen molar-refractivity contribution in [2.75, 3.05) is 13.1 Å². The predicted octanol–water partition coefficient (Wildman–Crippen LogP) is 4.81. The minimum atomic E-state index is -1.01. The topological polar surface area (TPSA) is 3.24 Å². The van der Waals surface area contributed by atoms with Crippen LogP contribution in [0.2, 0.25) is 12.5 Å². The zero-order valence-corrected chi connectivity index (χ0v) is 16.3. The number of nitrogens with zero attached hydrogens (tertiary/aromatic N) is 1. The van der Waals surface area contributed by atoms with E-state index in [-0.39, 0.29) is 0 Å². The summed E-state index contributed by atoms with van der Waals surface area (Å²) < 4.78 is 4.79. The van der Waals surface area contributed by atoms with Gasteiger partial charge in [0, 0.05) is 0 Å². The molecule has 2 heteroatoms. The summed E-state index contributed by atoms with van der Waals surface area (Å²) in [6.07, 6.45) is 5.72. The third-order valence-corrected chi connectivity index (χ3v) is 14.3. The van der Waals surface area contributed by atoms with Gasteiger partial charge in [-0.2, -0.15) is 0 Å². The van der Waals surface area contributed by atoms with Crippen LogP contribution in [-0.2, 0) is 0 Å². The van der Waals surface area contributed by atoms with Gasteiger partial charge in [-0.05, 0) is 0 Å². The van der Waals surface area contributed by atoms with E-state index in [2.05, 4.69) is 39.5 Å². The zero-order chi connectivity index (χ0) is 13.1. The minimum absolute atomic E-state index is 0.871. The maximum absolute atomic E-state index is 2.67. The molecule has 1 atom stereocenters. The summed E-state index contributed by atoms with van der Waals surface area (Å²) in [6.45, 7) is 14.3. The summed E-state index contributed by atoms with van der Waals surface area (Å²) in [5.41, 5.74) is 0. The molecule has 0 aromatic heterocycles. The molecule has 0 aliphatic carbocycles. The first-order chi connectivity index (χ1) is 8.23. The van der Waals surface area contributed by atoms with E-state index in [4.69, 9.17) is 0 Å². The van der Waals surface area contributed by atoms with E-state index >= 15 is 0 Å². The van der Waals surface area contributed by atoms with Crippen molar-refractivity contribution in [2.45, 2.75) is 78.9 Å². The van der Waals surface area contributed by atoms with E-state index < -0.39 is 21.4 Å². The fourth-order valence-electron chi connectivity index (χ4n) is 2.92. The molecule has 17 heavy (non-hydrogen) atoms. The first kappa shape index (κ1) is 17.8. The number of hydrogen-bond donors (Lipinski definition) is 0. The second-order valence-electron chi connectivity index (χ2n) is 5.28. The molecule has 0 amide bonds. The Hall–Kier alpha value is 0.830. The van der Waals surface area contributed by atoms with Crippen LogP contribution in [0, 0.1) is 0 Å². The summed E-state index contributed by atoms with van der Waals surface area (Å²) >= 11 is -1.01. The van der Waals surface area contributed by atoms with E-state index in [9.17, 15) is 0 Å². The number of rotatable bonds is 11. The van der Waals surface area contributed by atoms with Gasteiger partial charge in [-0.15, -0.1) is 0 Å². The number of hydrogen-bond acceptors (Lipinski definition) is 1. The van der Waals surface area contributed by atoms with Gasteiger partial charge in [0.05, 0.1) is 0 Å². The molecule has 0 aromatic rings. The van der Waals surface area contributed by atoms with E-state index in [0.29, 0.717) is 0 Å². The first-order valence-corrected chi connectivity index (χ1v) is 15.0. The molecule has 0 rings (SSSR count). The SMILES string of the molecule is CCCC(CC[CH2][In]([CH2]C)[CH2]C)N(CC)CC. The summed E-state index contributed by atoms with van der Waals surface area (Å²) in [5, 5.41) is 0. The van der Waals surface area contributed by atoms with Crippen LogP contribution in [0.1, 0.15) is 60.3 Å². The standard InChI is InChI=1S/C11H24N.2C2H5.In/c1-5-9-11(10-6-2)12(7-3)8-4;2*1-2;/h11H,1,5-10H2,2-4H3;2*1H2,2H3;. The van der Waals surface area contributed by atoms with Crippen molar-refractivity contribution in [3.05, 3.63) is 0 Å². The normalized spacial score (nSPS) is 13.1. The Labute approximate surface area is 118 Å². The van der Waals surface area contributed by atoms with Gasteiger partial charge in [-0.1, -0.05) is 0 Å². The first-order valence-electron chi connectivity index (χ1n) is 7.97. The summed E-state index contributed by atoms with van der Waals surface area (Å²) in [4.78, 5) is 2.67. The molecular weight excluding hydrogens is 309 g/mol. The Bertz CT molecular complexity index is 153. The van der Waals surface area contributed by atoms with Crippen LogP contribution >= 0.6 is 0 Å². The van der Waals surface area contributed by atoms with Crippen LogP contribution in [-0.4, -0.2) is 45.5 Å². The molecule has 0 radical (unpaired) electrons. The van der Waals surface area contributed by atoms with Gasteiger partial charge in [0.15, 0.2) is 0 Å². The molecule has 0 spiro atoms. The zero-order valence-electron chi connectivity index (χ0n) is 13.0. The van der Waals surface area contributed by atoms with Crippen molar-refractivity contribution >= 4 is 21.4 Å². The molecule has 0 N–H and O–H groups in total. The van der Waals surface area contributed by atoms with Crippen LogP contribution < -0.4 is 0 Å². The molecular formula is C15H34InN. The average Bonchev–Trinajstić information content (AvgIpc) is 2.36. The van der Waals surface area contributed by atoms with Gasteiger partial charge in [0.25, 0.3) is 0 Å². The molecule has 0 fully saturated rings. The van der Waals surface area contributed by atoms with E-state index in [1.54, 1.807) is 12.5 Å². The van der Waals surface area contributed by atoms with Gasteiger partial charge in [-0.3, -0.25) is 0 Å². The Morgan fingerprint density at radius 2 is 1.47 bits per heavy atom. The van der Waals surface area contributed by atoms with Gasteiger partial charge in [0.2, 0.25) is 0 Å². The quantitative estimate of drug-likeness (QED) is 0.520. The van der Waals surface area contributed by atoms with Crippen molar-refractivity contribution in [2.24, 2.45) is 0 Å². The second kappa shape index (κ2) is 11.9. The second-order valence-corrected chi connectivity index (χ2v) is 16.5. The molecule has 0 aliphatic heterocycles. The summed E-state index contributed by atoms with van der Waals surface area (Å²) in [5.74, 6) is 0. The summed E-state index contributed by atoms with van der Waals surface area (Å²) in [6, 6.07) is 0.871. The van der Waals surface area contributed by atoms with Crippen LogP contribution in [0.5, 0.6) is 0 Å². The maximum atomic E-state index is 2.67. The van der Waals surface area contributed by atoms with E-state index in [1.165, 1.54) is 38.8 Å². The molecule has 1 unspecified atom stereocenters. The molecule has 0 saturated heterocycles. The van der Waals surface area contributed by atoms with E-state index in [0.717, 1.165) is 6.04 Å². The van der Waals surface area contributed by atoms with Gasteiger partial charge < -0.3 is 0 Å². The van der Waals surface area contributed by atoms with Gasteiger partial charge in [-0.25, -0.2) is 0 Å². The molecule has 102 valence electrons. The van der Waals surface area contributed by atoms with Crippen molar-refractivity contribution in [3.8, 4) is 0 Å². The van der Waals surface area contributed by atoms with Crippen LogP contribution in [0.3, 0.4) is 0 Å². The van der Waals surface area contributed by atoms with Crippen molar-refractivity contribution in [1.82, 2.24) is 4.90 Å². The molecule has 0 bridgehead atoms. The van der Waals surface area contributed by atoms with Crippen LogP contribution in [0.15, 0.2) is 0 Å². The Kier molecular flexibility index (Phi) is 12.5. The molecule has 0 aromatic carbocycles. The Morgan fingerprint density at radius 3 is 1.88 bits per heavy atom. The van der Waals surface area contributed by atoms with Crippen molar-refractivity contribution < 1.29 is 0 Å². The van der Waals surface area contributed by atoms with E-state index in [1.807, 2.05) is 0 Å². The Morgan fingerprint density at radius 1 is 0.882 bits per heavy atom. The molecule has 0 aliphatic rings. The Balaban J connectivity index is 3.99. The van der Waals surface area contributed by atoms with Gasteiger partial charge in [0.1, 0.15) is 0 Å². The molecule has 1 nitrogen and oxygen atoms in total. The monoisotopic (exact) mass is 343 g/mol. The third-order valence-electron chi connectivity index (χ3n) is 4.26. The predicted molar refractivity (Wildman–Crippen MR) is 82.4 cm³/mol. The van der Waals surface area contributed by atoms with Crippen molar-refractivity contribution in [1.29, 1.82) is 0 Å². The van der Waals surface area contributed by atoms with Gasteiger partial charge >= 0.3 is 118 Å².